The summed E-state index contributed by atoms with van der Waals surface area (Å²) in [5, 5.41) is 9.41. The number of hydrogen-bond acceptors (Lipinski definition) is 2. The first-order valence-electron chi connectivity index (χ1n) is 5.77. The van der Waals surface area contributed by atoms with Crippen molar-refractivity contribution in [2.75, 3.05) is 0 Å². The molecule has 100 valence electrons. The van der Waals surface area contributed by atoms with Crippen LogP contribution >= 0.6 is 0 Å². The lowest BCUT2D eigenvalue weighted by Crippen LogP contribution is -1.97. The van der Waals surface area contributed by atoms with Crippen LogP contribution in [0.3, 0.4) is 0 Å². The molecule has 1 heterocycles. The maximum Gasteiger partial charge on any atom is 0.335 e. The molecule has 0 spiro atoms. The van der Waals surface area contributed by atoms with Gasteiger partial charge in [0.05, 0.1) is 11.1 Å². The van der Waals surface area contributed by atoms with Crippen molar-refractivity contribution < 1.29 is 23.1 Å². The highest BCUT2D eigenvalue weighted by Crippen LogP contribution is 2.30. The Hall–Kier alpha value is -2.69. The van der Waals surface area contributed by atoms with Crippen LogP contribution in [0.1, 0.15) is 10.4 Å². The van der Waals surface area contributed by atoms with Gasteiger partial charge in [0.2, 0.25) is 0 Å². The second kappa shape index (κ2) is 4.45. The van der Waals surface area contributed by atoms with Crippen LogP contribution in [0, 0.1) is 11.6 Å². The summed E-state index contributed by atoms with van der Waals surface area (Å²) in [6, 6.07) is 8.83. The van der Waals surface area contributed by atoms with E-state index in [1.165, 1.54) is 36.4 Å². The van der Waals surface area contributed by atoms with Crippen molar-refractivity contribution in [3.8, 4) is 11.3 Å². The van der Waals surface area contributed by atoms with Crippen LogP contribution in [-0.2, 0) is 0 Å². The molecule has 0 amide bonds. The fourth-order valence-corrected chi connectivity index (χ4v) is 1.99. The van der Waals surface area contributed by atoms with Crippen LogP contribution in [0.5, 0.6) is 0 Å². The summed E-state index contributed by atoms with van der Waals surface area (Å²) in [6.45, 7) is 0. The number of benzene rings is 2. The topological polar surface area (TPSA) is 50.4 Å². The van der Waals surface area contributed by atoms with E-state index in [1.54, 1.807) is 0 Å². The van der Waals surface area contributed by atoms with Gasteiger partial charge in [-0.2, -0.15) is 0 Å². The second-order valence-electron chi connectivity index (χ2n) is 4.29. The molecule has 2 aromatic carbocycles. The molecule has 0 aliphatic heterocycles. The third kappa shape index (κ3) is 2.03. The Morgan fingerprint density at radius 3 is 2.60 bits per heavy atom. The van der Waals surface area contributed by atoms with Gasteiger partial charge in [0.1, 0.15) is 23.0 Å². The Kier molecular flexibility index (Phi) is 2.75. The Morgan fingerprint density at radius 2 is 1.85 bits per heavy atom. The van der Waals surface area contributed by atoms with Crippen LogP contribution in [0.25, 0.3) is 22.3 Å². The molecule has 1 N–H and O–H groups in total. The van der Waals surface area contributed by atoms with Crippen LogP contribution < -0.4 is 0 Å². The summed E-state index contributed by atoms with van der Waals surface area (Å²) in [5.41, 5.74) is 0.385. The summed E-state index contributed by atoms with van der Waals surface area (Å²) < 4.78 is 32.3. The monoisotopic (exact) mass is 274 g/mol. The molecule has 1 aromatic heterocycles. The molecular formula is C15H8F2O3. The lowest BCUT2D eigenvalue weighted by atomic mass is 10.1. The highest BCUT2D eigenvalue weighted by Gasteiger charge is 2.14. The maximum atomic E-state index is 13.8. The van der Waals surface area contributed by atoms with Gasteiger partial charge < -0.3 is 9.52 Å². The number of carbonyl (C=O) groups is 1. The zero-order valence-electron chi connectivity index (χ0n) is 10.1. The molecule has 0 atom stereocenters. The van der Waals surface area contributed by atoms with Crippen LogP contribution in [-0.4, -0.2) is 11.1 Å². The van der Waals surface area contributed by atoms with E-state index >= 15 is 0 Å². The number of furan rings is 1. The average molecular weight is 274 g/mol. The van der Waals surface area contributed by atoms with Crippen molar-refractivity contribution in [3.05, 3.63) is 59.7 Å². The minimum Gasteiger partial charge on any atom is -0.478 e. The molecular weight excluding hydrogens is 266 g/mol. The lowest BCUT2D eigenvalue weighted by molar-refractivity contribution is 0.0697. The van der Waals surface area contributed by atoms with Crippen molar-refractivity contribution in [1.29, 1.82) is 0 Å². The fourth-order valence-electron chi connectivity index (χ4n) is 1.99. The third-order valence-electron chi connectivity index (χ3n) is 2.96. The van der Waals surface area contributed by atoms with Gasteiger partial charge in [0, 0.05) is 5.39 Å². The van der Waals surface area contributed by atoms with Crippen LogP contribution in [0.2, 0.25) is 0 Å². The first-order chi connectivity index (χ1) is 9.54. The minimum atomic E-state index is -1.16. The molecule has 3 nitrogen and oxygen atoms in total. The Bertz CT molecular complexity index is 821. The smallest absolute Gasteiger partial charge is 0.335 e. The number of halogens is 2. The number of fused-ring (bicyclic) bond motifs is 1. The van der Waals surface area contributed by atoms with E-state index in [-0.39, 0.29) is 16.9 Å². The highest BCUT2D eigenvalue weighted by atomic mass is 19.1. The largest absolute Gasteiger partial charge is 0.478 e. The average Bonchev–Trinajstić information content (AvgIpc) is 2.81. The number of aromatic carboxylic acids is 1. The summed E-state index contributed by atoms with van der Waals surface area (Å²) in [4.78, 5) is 10.9. The summed E-state index contributed by atoms with van der Waals surface area (Å²) in [5.74, 6) is -2.03. The molecule has 3 rings (SSSR count). The Balaban J connectivity index is 2.19. The third-order valence-corrected chi connectivity index (χ3v) is 2.96. The Labute approximate surface area is 112 Å². The summed E-state index contributed by atoms with van der Waals surface area (Å²) in [7, 11) is 0. The van der Waals surface area contributed by atoms with Gasteiger partial charge >= 0.3 is 5.97 Å². The molecule has 0 bridgehead atoms. The lowest BCUT2D eigenvalue weighted by Gasteiger charge is -2.01. The molecule has 0 fully saturated rings. The number of carboxylic acid groups (broad SMARTS) is 1. The SMILES string of the molecule is O=C(O)c1ccc(F)c(-c2cc3cc(F)ccc3o2)c1. The van der Waals surface area contributed by atoms with Crippen molar-refractivity contribution >= 4 is 16.9 Å². The van der Waals surface area contributed by atoms with E-state index in [2.05, 4.69) is 0 Å². The second-order valence-corrected chi connectivity index (χ2v) is 4.29. The molecule has 0 aliphatic carbocycles. The first-order valence-corrected chi connectivity index (χ1v) is 5.77. The molecule has 0 aliphatic rings. The van der Waals surface area contributed by atoms with Crippen molar-refractivity contribution in [1.82, 2.24) is 0 Å². The van der Waals surface area contributed by atoms with E-state index in [4.69, 9.17) is 9.52 Å². The van der Waals surface area contributed by atoms with E-state index < -0.39 is 17.6 Å². The van der Waals surface area contributed by atoms with E-state index in [0.717, 1.165) is 6.07 Å². The van der Waals surface area contributed by atoms with Gasteiger partial charge in [0.25, 0.3) is 0 Å². The van der Waals surface area contributed by atoms with Gasteiger partial charge in [-0.15, -0.1) is 0 Å². The number of hydrogen-bond donors (Lipinski definition) is 1. The quantitative estimate of drug-likeness (QED) is 0.766. The molecule has 5 heteroatoms. The van der Waals surface area contributed by atoms with E-state index in [0.29, 0.717) is 11.0 Å². The molecule has 0 saturated heterocycles. The predicted molar refractivity (Wildman–Crippen MR) is 68.5 cm³/mol. The standard InChI is InChI=1S/C15H8F2O3/c16-10-2-4-13-9(5-10)7-14(20-13)11-6-8(15(18)19)1-3-12(11)17/h1-7H,(H,18,19). The number of carboxylic acids is 1. The maximum absolute atomic E-state index is 13.8. The predicted octanol–water partition coefficient (Wildman–Crippen LogP) is 4.08. The molecule has 0 radical (unpaired) electrons. The zero-order valence-corrected chi connectivity index (χ0v) is 10.1. The zero-order chi connectivity index (χ0) is 14.3. The number of rotatable bonds is 2. The van der Waals surface area contributed by atoms with Crippen LogP contribution in [0.4, 0.5) is 8.78 Å². The first kappa shape index (κ1) is 12.3. The molecule has 0 unspecified atom stereocenters. The fraction of sp³-hybridized carbons (Fsp3) is 0. The van der Waals surface area contributed by atoms with Crippen molar-refractivity contribution in [2.24, 2.45) is 0 Å². The molecule has 0 saturated carbocycles. The normalized spacial score (nSPS) is 10.9. The molecule has 3 aromatic rings. The molecule has 20 heavy (non-hydrogen) atoms. The van der Waals surface area contributed by atoms with Crippen LogP contribution in [0.15, 0.2) is 46.9 Å². The Morgan fingerprint density at radius 1 is 1.05 bits per heavy atom. The summed E-state index contributed by atoms with van der Waals surface area (Å²) >= 11 is 0. The van der Waals surface area contributed by atoms with Crippen molar-refractivity contribution in [3.63, 3.8) is 0 Å². The minimum absolute atomic E-state index is 0.0292. The van der Waals surface area contributed by atoms with Gasteiger partial charge in [-0.1, -0.05) is 0 Å². The van der Waals surface area contributed by atoms with Gasteiger partial charge in [0.15, 0.2) is 0 Å². The summed E-state index contributed by atoms with van der Waals surface area (Å²) in [6.07, 6.45) is 0. The van der Waals surface area contributed by atoms with Gasteiger partial charge in [-0.3, -0.25) is 0 Å². The van der Waals surface area contributed by atoms with Crippen molar-refractivity contribution in [2.45, 2.75) is 0 Å². The van der Waals surface area contributed by atoms with Gasteiger partial charge in [-0.05, 0) is 42.5 Å². The van der Waals surface area contributed by atoms with E-state index in [1.807, 2.05) is 0 Å². The van der Waals surface area contributed by atoms with Gasteiger partial charge in [-0.25, -0.2) is 13.6 Å². The van der Waals surface area contributed by atoms with E-state index in [9.17, 15) is 13.6 Å². The highest BCUT2D eigenvalue weighted by molar-refractivity contribution is 5.90.